The Balaban J connectivity index is 2.77. The molecular weight excluding hydrogens is 202 g/mol. The van der Waals surface area contributed by atoms with Gasteiger partial charge in [0.2, 0.25) is 0 Å². The molecule has 0 aliphatic heterocycles. The molecule has 0 aliphatic carbocycles. The summed E-state index contributed by atoms with van der Waals surface area (Å²) in [5.41, 5.74) is 2.92. The maximum absolute atomic E-state index is 2.66. The van der Waals surface area contributed by atoms with E-state index in [-0.39, 0.29) is 9.68 Å². The van der Waals surface area contributed by atoms with Gasteiger partial charge in [-0.1, -0.05) is 30.8 Å². The van der Waals surface area contributed by atoms with Crippen LogP contribution in [0.1, 0.15) is 20.3 Å². The number of hydrogen-bond donors (Lipinski definition) is 0. The van der Waals surface area contributed by atoms with Crippen LogP contribution < -0.4 is 4.57 Å². The zero-order chi connectivity index (χ0) is 10.4. The molecule has 0 heterocycles. The summed E-state index contributed by atoms with van der Waals surface area (Å²) >= 11 is 0. The van der Waals surface area contributed by atoms with Crippen molar-refractivity contribution in [2.45, 2.75) is 32.0 Å². The number of rotatable bonds is 5. The van der Waals surface area contributed by atoms with Gasteiger partial charge in [-0.15, -0.1) is 0 Å². The summed E-state index contributed by atoms with van der Waals surface area (Å²) in [5.74, 6) is 0. The minimum absolute atomic E-state index is 0.0260. The van der Waals surface area contributed by atoms with Crippen LogP contribution in [0.4, 0.5) is 5.69 Å². The zero-order valence-electron chi connectivity index (χ0n) is 9.53. The molecule has 3 heteroatoms. The van der Waals surface area contributed by atoms with Crippen molar-refractivity contribution >= 4 is 25.6 Å². The molecule has 14 heavy (non-hydrogen) atoms. The smallest absolute Gasteiger partial charge is 0.121 e. The third-order valence-corrected chi connectivity index (χ3v) is 5.93. The summed E-state index contributed by atoms with van der Waals surface area (Å²) < 4.78 is 2.66. The van der Waals surface area contributed by atoms with Gasteiger partial charge < -0.3 is 4.57 Å². The summed E-state index contributed by atoms with van der Waals surface area (Å²) in [6.07, 6.45) is 1.25. The largest absolute Gasteiger partial charge is 0.401 e. The van der Waals surface area contributed by atoms with E-state index in [1.165, 1.54) is 28.0 Å². The molecule has 1 rings (SSSR count). The normalized spacial score (nSPS) is 13.6. The van der Waals surface area contributed by atoms with Gasteiger partial charge in [0.1, 0.15) is 9.68 Å². The van der Waals surface area contributed by atoms with Crippen molar-refractivity contribution in [1.82, 2.24) is 0 Å². The minimum atomic E-state index is -0.0260. The van der Waals surface area contributed by atoms with Crippen LogP contribution in [0.3, 0.4) is 0 Å². The molecule has 0 fully saturated rings. The first-order valence-corrected chi connectivity index (χ1v) is 8.66. The van der Waals surface area contributed by atoms with Gasteiger partial charge in [-0.2, -0.15) is 0 Å². The Bertz CT molecular complexity index is 251. The topological polar surface area (TPSA) is 3.24 Å². The van der Waals surface area contributed by atoms with Gasteiger partial charge in [0.15, 0.2) is 0 Å². The van der Waals surface area contributed by atoms with Crippen molar-refractivity contribution in [1.29, 1.82) is 0 Å². The maximum Gasteiger partial charge on any atom is 0.121 e. The molecule has 0 aromatic heterocycles. The van der Waals surface area contributed by atoms with Gasteiger partial charge in [0, 0.05) is 22.0 Å². The lowest BCUT2D eigenvalue weighted by molar-refractivity contribution is 0.711. The van der Waals surface area contributed by atoms with Crippen LogP contribution in [0.2, 0.25) is 5.67 Å². The standard InChI is InChI=1S/C11H21NSi2/c1-3-10(2)12(14-9-13)11-7-5-4-6-8-11/h4-8,10H,3,9,14H2,1-2,13H3. The molecule has 0 N–H and O–H groups in total. The van der Waals surface area contributed by atoms with E-state index >= 15 is 0 Å². The van der Waals surface area contributed by atoms with E-state index < -0.39 is 0 Å². The van der Waals surface area contributed by atoms with E-state index in [2.05, 4.69) is 48.7 Å². The van der Waals surface area contributed by atoms with Crippen molar-refractivity contribution in [3.05, 3.63) is 30.3 Å². The fraction of sp³-hybridized carbons (Fsp3) is 0.455. The highest BCUT2D eigenvalue weighted by Gasteiger charge is 2.10. The third-order valence-electron chi connectivity index (χ3n) is 2.68. The van der Waals surface area contributed by atoms with Crippen LogP contribution in [0, 0.1) is 0 Å². The van der Waals surface area contributed by atoms with Gasteiger partial charge in [-0.25, -0.2) is 0 Å². The number of nitrogens with zero attached hydrogens (tertiary/aromatic N) is 1. The maximum atomic E-state index is 2.66. The van der Waals surface area contributed by atoms with Crippen LogP contribution >= 0.6 is 0 Å². The van der Waals surface area contributed by atoms with Crippen molar-refractivity contribution in [2.24, 2.45) is 0 Å². The van der Waals surface area contributed by atoms with Crippen LogP contribution in [0.15, 0.2) is 30.3 Å². The lowest BCUT2D eigenvalue weighted by atomic mass is 10.2. The van der Waals surface area contributed by atoms with Gasteiger partial charge in [-0.3, -0.25) is 0 Å². The first-order chi connectivity index (χ1) is 6.79. The molecule has 0 aliphatic rings. The summed E-state index contributed by atoms with van der Waals surface area (Å²) in [6, 6.07) is 11.6. The molecule has 1 aromatic carbocycles. The zero-order valence-corrected chi connectivity index (χ0v) is 12.9. The molecule has 1 unspecified atom stereocenters. The predicted octanol–water partition coefficient (Wildman–Crippen LogP) is 1.12. The van der Waals surface area contributed by atoms with E-state index in [9.17, 15) is 0 Å². The minimum Gasteiger partial charge on any atom is -0.401 e. The molecule has 0 saturated carbocycles. The molecule has 1 atom stereocenters. The molecule has 1 aromatic rings. The monoisotopic (exact) mass is 223 g/mol. The van der Waals surface area contributed by atoms with Gasteiger partial charge >= 0.3 is 0 Å². The Labute approximate surface area is 92.8 Å². The second-order valence-electron chi connectivity index (χ2n) is 3.79. The molecule has 0 bridgehead atoms. The molecule has 0 spiro atoms. The molecular formula is C11H21NSi2. The average molecular weight is 223 g/mol. The fourth-order valence-corrected chi connectivity index (χ4v) is 4.78. The van der Waals surface area contributed by atoms with Crippen molar-refractivity contribution in [3.8, 4) is 0 Å². The highest BCUT2D eigenvalue weighted by atomic mass is 28.3. The Hall–Kier alpha value is -0.546. The molecule has 0 radical (unpaired) electrons. The van der Waals surface area contributed by atoms with Gasteiger partial charge in [-0.05, 0) is 25.5 Å². The van der Waals surface area contributed by atoms with E-state index in [4.69, 9.17) is 0 Å². The lowest BCUT2D eigenvalue weighted by Gasteiger charge is -2.30. The number of para-hydroxylation sites is 1. The first kappa shape index (κ1) is 11.5. The predicted molar refractivity (Wildman–Crippen MR) is 72.0 cm³/mol. The molecule has 78 valence electrons. The van der Waals surface area contributed by atoms with Crippen LogP contribution in [0.5, 0.6) is 0 Å². The lowest BCUT2D eigenvalue weighted by Crippen LogP contribution is -2.35. The Morgan fingerprint density at radius 3 is 2.50 bits per heavy atom. The summed E-state index contributed by atoms with van der Waals surface area (Å²) in [7, 11) is 1.33. The highest BCUT2D eigenvalue weighted by Crippen LogP contribution is 2.16. The summed E-state index contributed by atoms with van der Waals surface area (Å²) in [6.45, 7) is 4.62. The van der Waals surface area contributed by atoms with E-state index in [1.54, 1.807) is 0 Å². The van der Waals surface area contributed by atoms with Crippen molar-refractivity contribution in [2.75, 3.05) is 4.57 Å². The SMILES string of the molecule is CCC(C)N([SiH2]C[SiH3])c1ccccc1. The van der Waals surface area contributed by atoms with Crippen molar-refractivity contribution < 1.29 is 0 Å². The number of anilines is 1. The van der Waals surface area contributed by atoms with E-state index in [1.807, 2.05) is 0 Å². The Kier molecular flexibility index (Phi) is 4.97. The van der Waals surface area contributed by atoms with Crippen LogP contribution in [-0.4, -0.2) is 26.0 Å². The second kappa shape index (κ2) is 6.03. The summed E-state index contributed by atoms with van der Waals surface area (Å²) in [4.78, 5) is 0. The average Bonchev–Trinajstić information content (AvgIpc) is 2.26. The Morgan fingerprint density at radius 2 is 2.00 bits per heavy atom. The number of benzene rings is 1. The van der Waals surface area contributed by atoms with Crippen LogP contribution in [-0.2, 0) is 0 Å². The molecule has 0 saturated heterocycles. The quantitative estimate of drug-likeness (QED) is 0.676. The summed E-state index contributed by atoms with van der Waals surface area (Å²) in [5, 5.41) is 0. The molecule has 1 nitrogen and oxygen atoms in total. The van der Waals surface area contributed by atoms with Gasteiger partial charge in [0.05, 0.1) is 0 Å². The van der Waals surface area contributed by atoms with E-state index in [0.29, 0.717) is 0 Å². The molecule has 0 amide bonds. The second-order valence-corrected chi connectivity index (χ2v) is 8.91. The number of hydrogen-bond acceptors (Lipinski definition) is 1. The van der Waals surface area contributed by atoms with E-state index in [0.717, 1.165) is 6.04 Å². The van der Waals surface area contributed by atoms with Crippen molar-refractivity contribution in [3.63, 3.8) is 0 Å². The fourth-order valence-electron chi connectivity index (χ4n) is 1.68. The van der Waals surface area contributed by atoms with Gasteiger partial charge in [0.25, 0.3) is 0 Å². The Morgan fingerprint density at radius 1 is 1.36 bits per heavy atom. The first-order valence-electron chi connectivity index (χ1n) is 5.61. The van der Waals surface area contributed by atoms with Crippen LogP contribution in [0.25, 0.3) is 0 Å². The highest BCUT2D eigenvalue weighted by molar-refractivity contribution is 6.51. The third kappa shape index (κ3) is 2.99.